The molecule has 7 heteroatoms. The summed E-state index contributed by atoms with van der Waals surface area (Å²) in [5.74, 6) is -0.183. The fourth-order valence-electron chi connectivity index (χ4n) is 1.46. The van der Waals surface area contributed by atoms with Crippen LogP contribution in [0.5, 0.6) is 0 Å². The second kappa shape index (κ2) is 4.73. The van der Waals surface area contributed by atoms with E-state index in [4.69, 9.17) is 22.1 Å². The van der Waals surface area contributed by atoms with Gasteiger partial charge in [-0.25, -0.2) is 9.97 Å². The van der Waals surface area contributed by atoms with Gasteiger partial charge in [-0.2, -0.15) is 0 Å². The van der Waals surface area contributed by atoms with E-state index < -0.39 is 0 Å². The molecule has 2 atom stereocenters. The Kier molecular flexibility index (Phi) is 3.33. The predicted molar refractivity (Wildman–Crippen MR) is 58.0 cm³/mol. The lowest BCUT2D eigenvalue weighted by molar-refractivity contribution is -0.120. The first-order chi connectivity index (χ1) is 7.66. The van der Waals surface area contributed by atoms with Crippen LogP contribution < -0.4 is 11.1 Å². The molecule has 0 bridgehead atoms. The molecule has 1 aromatic heterocycles. The van der Waals surface area contributed by atoms with Crippen LogP contribution in [0, 0.1) is 5.92 Å². The number of ether oxygens (including phenoxy) is 1. The van der Waals surface area contributed by atoms with E-state index in [1.807, 2.05) is 0 Å². The summed E-state index contributed by atoms with van der Waals surface area (Å²) in [6.45, 7) is 0.744. The van der Waals surface area contributed by atoms with E-state index in [0.717, 1.165) is 0 Å². The third-order valence-corrected chi connectivity index (χ3v) is 2.52. The Labute approximate surface area is 97.2 Å². The minimum Gasteiger partial charge on any atom is -0.379 e. The maximum Gasteiger partial charge on any atom is 0.232 e. The zero-order valence-electron chi connectivity index (χ0n) is 8.39. The number of aromatic nitrogens is 2. The van der Waals surface area contributed by atoms with E-state index in [0.29, 0.717) is 19.0 Å². The van der Waals surface area contributed by atoms with Crippen molar-refractivity contribution < 1.29 is 9.53 Å². The van der Waals surface area contributed by atoms with Gasteiger partial charge < -0.3 is 15.8 Å². The molecule has 1 aliphatic heterocycles. The topological polar surface area (TPSA) is 90.1 Å². The van der Waals surface area contributed by atoms with Crippen LogP contribution in [0.4, 0.5) is 5.82 Å². The van der Waals surface area contributed by atoms with Crippen molar-refractivity contribution in [3.63, 3.8) is 0 Å². The second-order valence-electron chi connectivity index (χ2n) is 3.51. The van der Waals surface area contributed by atoms with Crippen LogP contribution >= 0.6 is 11.6 Å². The SMILES string of the molecule is NC1COCC1C(=O)Nc1ccnc(Cl)n1. The van der Waals surface area contributed by atoms with Crippen LogP contribution in [0.2, 0.25) is 5.28 Å². The van der Waals surface area contributed by atoms with Crippen LogP contribution in [0.1, 0.15) is 0 Å². The van der Waals surface area contributed by atoms with Crippen molar-refractivity contribution in [2.45, 2.75) is 6.04 Å². The van der Waals surface area contributed by atoms with Crippen LogP contribution in [0.3, 0.4) is 0 Å². The minimum absolute atomic E-state index is 0.0878. The van der Waals surface area contributed by atoms with Gasteiger partial charge in [0.25, 0.3) is 0 Å². The Bertz CT molecular complexity index is 401. The van der Waals surface area contributed by atoms with Crippen molar-refractivity contribution in [3.05, 3.63) is 17.5 Å². The number of rotatable bonds is 2. The third-order valence-electron chi connectivity index (χ3n) is 2.34. The van der Waals surface area contributed by atoms with Crippen molar-refractivity contribution in [2.24, 2.45) is 11.7 Å². The number of nitrogens with one attached hydrogen (secondary N) is 1. The number of anilines is 1. The first kappa shape index (κ1) is 11.3. The van der Waals surface area contributed by atoms with Crippen LogP contribution in [-0.2, 0) is 9.53 Å². The van der Waals surface area contributed by atoms with Gasteiger partial charge in [0, 0.05) is 12.2 Å². The molecule has 1 fully saturated rings. The molecule has 3 N–H and O–H groups in total. The molecule has 0 radical (unpaired) electrons. The van der Waals surface area contributed by atoms with Gasteiger partial charge in [-0.3, -0.25) is 4.79 Å². The Morgan fingerprint density at radius 2 is 2.44 bits per heavy atom. The monoisotopic (exact) mass is 242 g/mol. The van der Waals surface area contributed by atoms with Crippen LogP contribution in [0.15, 0.2) is 12.3 Å². The molecule has 6 nitrogen and oxygen atoms in total. The quantitative estimate of drug-likeness (QED) is 0.715. The van der Waals surface area contributed by atoms with E-state index in [9.17, 15) is 4.79 Å². The normalized spacial score (nSPS) is 24.4. The maximum atomic E-state index is 11.8. The molecule has 16 heavy (non-hydrogen) atoms. The second-order valence-corrected chi connectivity index (χ2v) is 3.85. The smallest absolute Gasteiger partial charge is 0.232 e. The fourth-order valence-corrected chi connectivity index (χ4v) is 1.61. The summed E-state index contributed by atoms with van der Waals surface area (Å²) in [6, 6.07) is 1.29. The lowest BCUT2D eigenvalue weighted by atomic mass is 10.0. The summed E-state index contributed by atoms with van der Waals surface area (Å²) in [6.07, 6.45) is 1.47. The predicted octanol–water partition coefficient (Wildman–Crippen LogP) is 0.0422. The summed E-state index contributed by atoms with van der Waals surface area (Å²) in [5.41, 5.74) is 5.72. The Hall–Kier alpha value is -1.24. The molecular formula is C9H11ClN4O2. The van der Waals surface area contributed by atoms with Gasteiger partial charge in [-0.15, -0.1) is 0 Å². The Morgan fingerprint density at radius 1 is 1.62 bits per heavy atom. The molecule has 2 rings (SSSR count). The molecule has 1 aliphatic rings. The first-order valence-corrected chi connectivity index (χ1v) is 5.17. The number of carbonyl (C=O) groups is 1. The molecule has 0 aliphatic carbocycles. The van der Waals surface area contributed by atoms with Crippen molar-refractivity contribution in [3.8, 4) is 0 Å². The number of nitrogens with zero attached hydrogens (tertiary/aromatic N) is 2. The third kappa shape index (κ3) is 2.46. The molecule has 1 aromatic rings. The molecule has 1 saturated heterocycles. The molecule has 2 heterocycles. The molecule has 0 spiro atoms. The summed E-state index contributed by atoms with van der Waals surface area (Å²) in [5, 5.41) is 2.71. The van der Waals surface area contributed by atoms with Crippen LogP contribution in [-0.4, -0.2) is 35.1 Å². The number of hydrogen-bond acceptors (Lipinski definition) is 5. The highest BCUT2D eigenvalue weighted by atomic mass is 35.5. The molecule has 1 amide bonds. The van der Waals surface area contributed by atoms with E-state index >= 15 is 0 Å². The van der Waals surface area contributed by atoms with Gasteiger partial charge in [0.2, 0.25) is 11.2 Å². The van der Waals surface area contributed by atoms with Crippen LogP contribution in [0.25, 0.3) is 0 Å². The zero-order chi connectivity index (χ0) is 11.5. The minimum atomic E-state index is -0.339. The average Bonchev–Trinajstić information content (AvgIpc) is 2.64. The largest absolute Gasteiger partial charge is 0.379 e. The number of nitrogens with two attached hydrogens (primary N) is 1. The number of amides is 1. The molecule has 0 saturated carbocycles. The number of halogens is 1. The van der Waals surface area contributed by atoms with Gasteiger partial charge in [0.1, 0.15) is 5.82 Å². The van der Waals surface area contributed by atoms with Gasteiger partial charge in [-0.05, 0) is 17.7 Å². The zero-order valence-corrected chi connectivity index (χ0v) is 9.15. The van der Waals surface area contributed by atoms with E-state index in [1.165, 1.54) is 6.20 Å². The van der Waals surface area contributed by atoms with E-state index in [1.54, 1.807) is 6.07 Å². The lowest BCUT2D eigenvalue weighted by Gasteiger charge is -2.12. The maximum absolute atomic E-state index is 11.8. The summed E-state index contributed by atoms with van der Waals surface area (Å²) >= 11 is 5.59. The first-order valence-electron chi connectivity index (χ1n) is 4.79. The van der Waals surface area contributed by atoms with Gasteiger partial charge in [0.15, 0.2) is 0 Å². The van der Waals surface area contributed by atoms with Crippen molar-refractivity contribution in [2.75, 3.05) is 18.5 Å². The molecule has 86 valence electrons. The summed E-state index contributed by atoms with van der Waals surface area (Å²) < 4.78 is 5.11. The standard InChI is InChI=1S/C9H11ClN4O2/c10-9-12-2-1-7(14-9)13-8(15)5-3-16-4-6(5)11/h1-2,5-6H,3-4,11H2,(H,12,13,14,15). The van der Waals surface area contributed by atoms with E-state index in [-0.39, 0.29) is 23.2 Å². The van der Waals surface area contributed by atoms with Crippen molar-refractivity contribution in [1.82, 2.24) is 9.97 Å². The lowest BCUT2D eigenvalue weighted by Crippen LogP contribution is -2.37. The number of carbonyl (C=O) groups excluding carboxylic acids is 1. The number of hydrogen-bond donors (Lipinski definition) is 2. The Morgan fingerprint density at radius 3 is 3.06 bits per heavy atom. The van der Waals surface area contributed by atoms with Crippen molar-refractivity contribution >= 4 is 23.3 Å². The summed E-state index contributed by atoms with van der Waals surface area (Å²) in [4.78, 5) is 19.3. The summed E-state index contributed by atoms with van der Waals surface area (Å²) in [7, 11) is 0. The molecular weight excluding hydrogens is 232 g/mol. The van der Waals surface area contributed by atoms with Gasteiger partial charge in [-0.1, -0.05) is 0 Å². The molecule has 0 aromatic carbocycles. The highest BCUT2D eigenvalue weighted by Crippen LogP contribution is 2.14. The average molecular weight is 243 g/mol. The van der Waals surface area contributed by atoms with Crippen molar-refractivity contribution in [1.29, 1.82) is 0 Å². The molecule has 2 unspecified atom stereocenters. The van der Waals surface area contributed by atoms with Gasteiger partial charge in [0.05, 0.1) is 19.1 Å². The van der Waals surface area contributed by atoms with E-state index in [2.05, 4.69) is 15.3 Å². The fraction of sp³-hybridized carbons (Fsp3) is 0.444. The highest BCUT2D eigenvalue weighted by molar-refractivity contribution is 6.28. The van der Waals surface area contributed by atoms with Gasteiger partial charge >= 0.3 is 0 Å². The Balaban J connectivity index is 2.02. The highest BCUT2D eigenvalue weighted by Gasteiger charge is 2.31.